The first-order valence-corrected chi connectivity index (χ1v) is 14.4. The van der Waals surface area contributed by atoms with Crippen LogP contribution in [0.5, 0.6) is 17.2 Å². The van der Waals surface area contributed by atoms with Crippen LogP contribution in [-0.2, 0) is 16.6 Å². The third-order valence-electron chi connectivity index (χ3n) is 7.04. The summed E-state index contributed by atoms with van der Waals surface area (Å²) in [4.78, 5) is 11.1. The average molecular weight is 586 g/mol. The molecule has 1 aliphatic carbocycles. The van der Waals surface area contributed by atoms with Crippen LogP contribution in [0.25, 0.3) is 0 Å². The van der Waals surface area contributed by atoms with Crippen LogP contribution in [0.4, 0.5) is 14.6 Å². The Bertz CT molecular complexity index is 1590. The predicted octanol–water partition coefficient (Wildman–Crippen LogP) is 4.93. The van der Waals surface area contributed by atoms with E-state index in [0.29, 0.717) is 29.5 Å². The highest BCUT2D eigenvalue weighted by atomic mass is 32.2. The standard InChI is InChI=1S/C28H29F2N5O5S/c1-38-20-8-7-19(25(13-20)39-2)16-35(28-9-10-31-17-33-28)41(36,37)27-15-21(29)26(14-22(27)30)40-24-6-4-3-5-23(24)34-12-11-32-18-34/h7-15,17-18,23-24H,3-6,16H2,1-2H3/t23-,24-/m0/s1. The predicted molar refractivity (Wildman–Crippen MR) is 145 cm³/mol. The van der Waals surface area contributed by atoms with Gasteiger partial charge in [-0.1, -0.05) is 6.42 Å². The summed E-state index contributed by atoms with van der Waals surface area (Å²) < 4.78 is 78.1. The van der Waals surface area contributed by atoms with E-state index in [1.165, 1.54) is 26.5 Å². The van der Waals surface area contributed by atoms with Gasteiger partial charge in [-0.3, -0.25) is 0 Å². The maximum absolute atomic E-state index is 15.6. The van der Waals surface area contributed by atoms with Gasteiger partial charge in [0.15, 0.2) is 11.6 Å². The smallest absolute Gasteiger partial charge is 0.268 e. The monoisotopic (exact) mass is 585 g/mol. The maximum atomic E-state index is 15.6. The molecule has 1 aliphatic rings. The number of halogens is 2. The highest BCUT2D eigenvalue weighted by Gasteiger charge is 2.33. The van der Waals surface area contributed by atoms with Crippen LogP contribution >= 0.6 is 0 Å². The van der Waals surface area contributed by atoms with Crippen LogP contribution in [0.15, 0.2) is 72.5 Å². The molecule has 2 aromatic carbocycles. The second kappa shape index (κ2) is 12.1. The number of nitrogens with zero attached hydrogens (tertiary/aromatic N) is 5. The number of benzene rings is 2. The topological polar surface area (TPSA) is 109 Å². The largest absolute Gasteiger partial charge is 0.497 e. The fourth-order valence-corrected chi connectivity index (χ4v) is 6.42. The molecule has 0 N–H and O–H groups in total. The van der Waals surface area contributed by atoms with Crippen molar-refractivity contribution in [2.45, 2.75) is 49.3 Å². The molecule has 1 saturated carbocycles. The van der Waals surface area contributed by atoms with Gasteiger partial charge in [0.25, 0.3) is 10.0 Å². The summed E-state index contributed by atoms with van der Waals surface area (Å²) in [5.74, 6) is -1.71. The van der Waals surface area contributed by atoms with E-state index >= 15 is 8.78 Å². The first-order valence-electron chi connectivity index (χ1n) is 12.9. The van der Waals surface area contributed by atoms with Gasteiger partial charge in [-0.2, -0.15) is 0 Å². The highest BCUT2D eigenvalue weighted by molar-refractivity contribution is 7.92. The van der Waals surface area contributed by atoms with Crippen LogP contribution in [0, 0.1) is 11.6 Å². The van der Waals surface area contributed by atoms with Crippen molar-refractivity contribution >= 4 is 15.8 Å². The number of anilines is 1. The lowest BCUT2D eigenvalue weighted by Crippen LogP contribution is -2.33. The normalized spacial score (nSPS) is 17.2. The molecule has 2 heterocycles. The van der Waals surface area contributed by atoms with Gasteiger partial charge in [-0.25, -0.2) is 36.5 Å². The van der Waals surface area contributed by atoms with Crippen LogP contribution in [-0.4, -0.2) is 48.3 Å². The van der Waals surface area contributed by atoms with Gasteiger partial charge in [0.05, 0.1) is 33.1 Å². The zero-order valence-corrected chi connectivity index (χ0v) is 23.3. The second-order valence-corrected chi connectivity index (χ2v) is 11.3. The Kier molecular flexibility index (Phi) is 8.34. The summed E-state index contributed by atoms with van der Waals surface area (Å²) in [5.41, 5.74) is 0.444. The average Bonchev–Trinajstić information content (AvgIpc) is 3.53. The number of sulfonamides is 1. The molecule has 0 unspecified atom stereocenters. The molecule has 13 heteroatoms. The van der Waals surface area contributed by atoms with E-state index in [1.807, 2.05) is 4.57 Å². The van der Waals surface area contributed by atoms with E-state index in [2.05, 4.69) is 15.0 Å². The van der Waals surface area contributed by atoms with Crippen molar-refractivity contribution in [3.63, 3.8) is 0 Å². The molecule has 0 aliphatic heterocycles. The molecule has 0 saturated heterocycles. The van der Waals surface area contributed by atoms with Gasteiger partial charge in [-0.05, 0) is 31.4 Å². The maximum Gasteiger partial charge on any atom is 0.268 e. The summed E-state index contributed by atoms with van der Waals surface area (Å²) in [6.45, 7) is -0.291. The Labute approximate surface area is 236 Å². The summed E-state index contributed by atoms with van der Waals surface area (Å²) in [6.07, 6.45) is 10.5. The lowest BCUT2D eigenvalue weighted by atomic mass is 9.92. The summed E-state index contributed by atoms with van der Waals surface area (Å²) in [6, 6.07) is 7.54. The second-order valence-electron chi connectivity index (χ2n) is 9.49. The first-order chi connectivity index (χ1) is 19.8. The molecular formula is C28H29F2N5O5S. The van der Waals surface area contributed by atoms with E-state index in [-0.39, 0.29) is 24.2 Å². The van der Waals surface area contributed by atoms with Crippen molar-refractivity contribution in [1.82, 2.24) is 19.5 Å². The van der Waals surface area contributed by atoms with Crippen molar-refractivity contribution in [2.75, 3.05) is 18.5 Å². The highest BCUT2D eigenvalue weighted by Crippen LogP contribution is 2.36. The number of hydrogen-bond donors (Lipinski definition) is 0. The first kappa shape index (κ1) is 28.3. The van der Waals surface area contributed by atoms with Crippen molar-refractivity contribution < 1.29 is 31.4 Å². The van der Waals surface area contributed by atoms with Crippen molar-refractivity contribution in [3.8, 4) is 17.2 Å². The lowest BCUT2D eigenvalue weighted by Gasteiger charge is -2.32. The Morgan fingerprint density at radius 3 is 2.51 bits per heavy atom. The number of methoxy groups -OCH3 is 2. The minimum Gasteiger partial charge on any atom is -0.497 e. The van der Waals surface area contributed by atoms with Gasteiger partial charge < -0.3 is 18.8 Å². The molecule has 41 heavy (non-hydrogen) atoms. The molecule has 5 rings (SSSR count). The Morgan fingerprint density at radius 1 is 0.976 bits per heavy atom. The molecule has 2 aromatic heterocycles. The molecular weight excluding hydrogens is 556 g/mol. The van der Waals surface area contributed by atoms with Crippen molar-refractivity contribution in [2.24, 2.45) is 0 Å². The molecule has 0 spiro atoms. The zero-order valence-electron chi connectivity index (χ0n) is 22.5. The number of rotatable bonds is 10. The SMILES string of the molecule is COc1ccc(CN(c2ccncn2)S(=O)(=O)c2cc(F)c(O[C@H]3CCCC[C@@H]3n3ccnc3)cc2F)c(OC)c1. The van der Waals surface area contributed by atoms with Crippen LogP contribution in [0.1, 0.15) is 37.3 Å². The van der Waals surface area contributed by atoms with Gasteiger partial charge in [0, 0.05) is 48.4 Å². The van der Waals surface area contributed by atoms with Gasteiger partial charge in [0.2, 0.25) is 0 Å². The Morgan fingerprint density at radius 2 is 1.80 bits per heavy atom. The molecule has 0 amide bonds. The molecule has 0 bridgehead atoms. The van der Waals surface area contributed by atoms with Crippen LogP contribution in [0.3, 0.4) is 0 Å². The number of ether oxygens (including phenoxy) is 3. The third kappa shape index (κ3) is 5.94. The molecule has 216 valence electrons. The minimum atomic E-state index is -4.67. The summed E-state index contributed by atoms with van der Waals surface area (Å²) in [5, 5.41) is 0. The Hall–Kier alpha value is -4.26. The Balaban J connectivity index is 1.49. The number of imidazole rings is 1. The van der Waals surface area contributed by atoms with E-state index < -0.39 is 32.7 Å². The van der Waals surface area contributed by atoms with E-state index in [0.717, 1.165) is 36.0 Å². The van der Waals surface area contributed by atoms with Crippen LogP contribution < -0.4 is 18.5 Å². The number of aromatic nitrogens is 4. The lowest BCUT2D eigenvalue weighted by molar-refractivity contribution is 0.0930. The molecule has 10 nitrogen and oxygen atoms in total. The fourth-order valence-electron chi connectivity index (χ4n) is 4.96. The van der Waals surface area contributed by atoms with E-state index in [4.69, 9.17) is 14.2 Å². The van der Waals surface area contributed by atoms with E-state index in [1.54, 1.807) is 36.9 Å². The van der Waals surface area contributed by atoms with Crippen molar-refractivity contribution in [1.29, 1.82) is 0 Å². The minimum absolute atomic E-state index is 0.0385. The third-order valence-corrected chi connectivity index (χ3v) is 8.80. The fraction of sp³-hybridized carbons (Fsp3) is 0.321. The van der Waals surface area contributed by atoms with Crippen LogP contribution in [0.2, 0.25) is 0 Å². The van der Waals surface area contributed by atoms with Gasteiger partial charge in [-0.15, -0.1) is 0 Å². The van der Waals surface area contributed by atoms with Gasteiger partial charge in [0.1, 0.15) is 40.5 Å². The van der Waals surface area contributed by atoms with Crippen molar-refractivity contribution in [3.05, 3.63) is 84.8 Å². The summed E-state index contributed by atoms with van der Waals surface area (Å²) >= 11 is 0. The molecule has 1 fully saturated rings. The summed E-state index contributed by atoms with van der Waals surface area (Å²) in [7, 11) is -1.75. The number of hydrogen-bond acceptors (Lipinski definition) is 8. The molecule has 2 atom stereocenters. The zero-order chi connectivity index (χ0) is 29.0. The molecule has 0 radical (unpaired) electrons. The quantitative estimate of drug-likeness (QED) is 0.258. The molecule has 4 aromatic rings. The van der Waals surface area contributed by atoms with E-state index in [9.17, 15) is 8.42 Å². The van der Waals surface area contributed by atoms with Gasteiger partial charge >= 0.3 is 0 Å².